The van der Waals surface area contributed by atoms with Crippen LogP contribution in [0, 0.1) is 0 Å². The first kappa shape index (κ1) is 49.2. The van der Waals surface area contributed by atoms with Gasteiger partial charge in [0.2, 0.25) is 0 Å². The minimum atomic E-state index is -4.64. The molecule has 4 atom stereocenters. The minimum Gasteiger partial charge on any atom is -0.756 e. The van der Waals surface area contributed by atoms with Gasteiger partial charge in [-0.05, 0) is 51.4 Å². The van der Waals surface area contributed by atoms with E-state index in [9.17, 15) is 19.0 Å². The van der Waals surface area contributed by atoms with Gasteiger partial charge in [-0.2, -0.15) is 0 Å². The fraction of sp³-hybridized carbons (Fsp3) is 0.810. The lowest BCUT2D eigenvalue weighted by atomic mass is 10.1. The molecule has 1 fully saturated rings. The second-order valence-electron chi connectivity index (χ2n) is 15.4. The second kappa shape index (κ2) is 31.4. The molecule has 0 bridgehead atoms. The average Bonchev–Trinajstić information content (AvgIpc) is 3.85. The van der Waals surface area contributed by atoms with Crippen LogP contribution in [0.1, 0.15) is 155 Å². The van der Waals surface area contributed by atoms with Crippen LogP contribution >= 0.6 is 7.82 Å². The van der Waals surface area contributed by atoms with Crippen LogP contribution in [0.3, 0.4) is 0 Å². The molecule has 1 aliphatic heterocycles. The van der Waals surface area contributed by atoms with Crippen LogP contribution in [-0.4, -0.2) is 82.2 Å². The number of nitrogens with zero attached hydrogens (tertiary/aromatic N) is 1. The molecule has 0 aliphatic carbocycles. The Balaban J connectivity index is 2.37. The van der Waals surface area contributed by atoms with E-state index in [-0.39, 0.29) is 38.3 Å². The van der Waals surface area contributed by atoms with Gasteiger partial charge in [0.15, 0.2) is 6.10 Å². The van der Waals surface area contributed by atoms with E-state index in [1.807, 2.05) is 21.1 Å². The zero-order valence-electron chi connectivity index (χ0n) is 34.1. The maximum absolute atomic E-state index is 12.7. The Morgan fingerprint density at radius 2 is 1.26 bits per heavy atom. The Morgan fingerprint density at radius 1 is 0.698 bits per heavy atom. The SMILES string of the molecule is CCCCC/C=C\C/C=C\C/C=C\CC1OC1CCCC(=O)O[C@H](COC(=O)CCCCCCCCCCCCC)COP(=O)([O-])OCC[N+](C)(C)C. The van der Waals surface area contributed by atoms with E-state index < -0.39 is 32.5 Å². The van der Waals surface area contributed by atoms with Crippen LogP contribution in [0.4, 0.5) is 0 Å². The molecule has 308 valence electrons. The topological polar surface area (TPSA) is 124 Å². The van der Waals surface area contributed by atoms with Gasteiger partial charge in [0.05, 0.1) is 40.0 Å². The van der Waals surface area contributed by atoms with Crippen molar-refractivity contribution in [3.63, 3.8) is 0 Å². The molecule has 1 saturated heterocycles. The van der Waals surface area contributed by atoms with Crippen molar-refractivity contribution in [2.24, 2.45) is 0 Å². The number of rotatable bonds is 36. The van der Waals surface area contributed by atoms with Crippen molar-refractivity contribution in [1.82, 2.24) is 0 Å². The smallest absolute Gasteiger partial charge is 0.306 e. The number of phosphoric ester groups is 1. The number of carbonyl (C=O) groups is 2. The lowest BCUT2D eigenvalue weighted by molar-refractivity contribution is -0.870. The van der Waals surface area contributed by atoms with E-state index in [0.29, 0.717) is 17.4 Å². The molecular formula is C42H76NO9P. The number of esters is 2. The number of likely N-dealkylation sites (N-methyl/N-ethyl adjacent to an activating group) is 1. The predicted molar refractivity (Wildman–Crippen MR) is 212 cm³/mol. The summed E-state index contributed by atoms with van der Waals surface area (Å²) in [6.45, 7) is 4.09. The van der Waals surface area contributed by atoms with E-state index in [1.54, 1.807) is 0 Å². The first-order valence-corrected chi connectivity index (χ1v) is 22.3. The molecule has 11 heteroatoms. The lowest BCUT2D eigenvalue weighted by Gasteiger charge is -2.28. The third-order valence-corrected chi connectivity index (χ3v) is 10.1. The van der Waals surface area contributed by atoms with Crippen LogP contribution in [0.2, 0.25) is 0 Å². The molecule has 10 nitrogen and oxygen atoms in total. The van der Waals surface area contributed by atoms with Crippen LogP contribution in [-0.2, 0) is 37.4 Å². The van der Waals surface area contributed by atoms with Gasteiger partial charge < -0.3 is 32.6 Å². The third-order valence-electron chi connectivity index (χ3n) is 9.09. The number of ether oxygens (including phenoxy) is 3. The van der Waals surface area contributed by atoms with Gasteiger partial charge >= 0.3 is 11.9 Å². The Bertz CT molecular complexity index is 1070. The Kier molecular flexibility index (Phi) is 29.2. The molecule has 3 unspecified atom stereocenters. The van der Waals surface area contributed by atoms with Crippen molar-refractivity contribution in [3.05, 3.63) is 36.5 Å². The summed E-state index contributed by atoms with van der Waals surface area (Å²) in [6, 6.07) is 0. The number of allylic oxidation sites excluding steroid dienone is 5. The molecule has 1 heterocycles. The molecule has 0 N–H and O–H groups in total. The van der Waals surface area contributed by atoms with Crippen molar-refractivity contribution in [2.45, 2.75) is 173 Å². The molecule has 0 aromatic rings. The normalized spacial score (nSPS) is 17.8. The number of carbonyl (C=O) groups excluding carboxylic acids is 2. The number of quaternary nitrogens is 1. The maximum Gasteiger partial charge on any atom is 0.306 e. The van der Waals surface area contributed by atoms with Crippen molar-refractivity contribution in [1.29, 1.82) is 0 Å². The monoisotopic (exact) mass is 770 g/mol. The summed E-state index contributed by atoms with van der Waals surface area (Å²) in [5, 5.41) is 0. The standard InChI is InChI=1S/C42H76NO9P/c1-6-8-10-12-14-16-18-20-21-23-25-27-30-39-40(52-39)31-29-33-42(45)51-38(37-50-53(46,47)49-35-34-43(3,4)5)36-48-41(44)32-28-26-24-22-19-17-15-13-11-9-7-2/h14,16,20-21,25,27,38-40H,6-13,15,17-19,22-24,26,28-37H2,1-5H3/b16-14-,21-20-,27-25-/t38-,39?,40?/m1/s1. The summed E-state index contributed by atoms with van der Waals surface area (Å²) in [4.78, 5) is 37.5. The van der Waals surface area contributed by atoms with Crippen molar-refractivity contribution in [2.75, 3.05) is 47.5 Å². The summed E-state index contributed by atoms with van der Waals surface area (Å²) in [5.74, 6) is -0.912. The molecular weight excluding hydrogens is 693 g/mol. The molecule has 0 radical (unpaired) electrons. The Hall–Kier alpha value is -1.81. The average molecular weight is 770 g/mol. The molecule has 0 saturated carbocycles. The van der Waals surface area contributed by atoms with Crippen molar-refractivity contribution in [3.8, 4) is 0 Å². The summed E-state index contributed by atoms with van der Waals surface area (Å²) >= 11 is 0. The van der Waals surface area contributed by atoms with Crippen LogP contribution < -0.4 is 4.89 Å². The summed E-state index contributed by atoms with van der Waals surface area (Å²) in [6.07, 6.45) is 34.7. The third kappa shape index (κ3) is 32.2. The summed E-state index contributed by atoms with van der Waals surface area (Å²) in [7, 11) is 1.12. The highest BCUT2D eigenvalue weighted by Gasteiger charge is 2.36. The second-order valence-corrected chi connectivity index (χ2v) is 16.8. The van der Waals surface area contributed by atoms with Crippen molar-refractivity contribution < 1.29 is 46.8 Å². The fourth-order valence-corrected chi connectivity index (χ4v) is 6.41. The first-order valence-electron chi connectivity index (χ1n) is 20.8. The van der Waals surface area contributed by atoms with E-state index in [4.69, 9.17) is 23.3 Å². The van der Waals surface area contributed by atoms with Gasteiger partial charge in [-0.1, -0.05) is 127 Å². The van der Waals surface area contributed by atoms with Gasteiger partial charge in [0.25, 0.3) is 7.82 Å². The number of phosphoric acid groups is 1. The van der Waals surface area contributed by atoms with Gasteiger partial charge in [0.1, 0.15) is 19.8 Å². The molecule has 0 aromatic heterocycles. The summed E-state index contributed by atoms with van der Waals surface area (Å²) < 4.78 is 39.6. The maximum atomic E-state index is 12.7. The number of epoxide rings is 1. The fourth-order valence-electron chi connectivity index (χ4n) is 5.68. The first-order chi connectivity index (χ1) is 25.5. The molecule has 1 rings (SSSR count). The van der Waals surface area contributed by atoms with Crippen LogP contribution in [0.5, 0.6) is 0 Å². The van der Waals surface area contributed by atoms with Gasteiger partial charge in [-0.15, -0.1) is 0 Å². The van der Waals surface area contributed by atoms with Gasteiger partial charge in [-0.3, -0.25) is 14.2 Å². The minimum absolute atomic E-state index is 0.0448. The number of hydrogen-bond donors (Lipinski definition) is 0. The van der Waals surface area contributed by atoms with Crippen LogP contribution in [0.25, 0.3) is 0 Å². The Labute approximate surface area is 323 Å². The number of hydrogen-bond acceptors (Lipinski definition) is 9. The summed E-state index contributed by atoms with van der Waals surface area (Å²) in [5.41, 5.74) is 0. The zero-order chi connectivity index (χ0) is 39.0. The van der Waals surface area contributed by atoms with Gasteiger partial charge in [-0.25, -0.2) is 0 Å². The predicted octanol–water partition coefficient (Wildman–Crippen LogP) is 9.71. The quantitative estimate of drug-likeness (QED) is 0.0153. The molecule has 0 aromatic carbocycles. The highest BCUT2D eigenvalue weighted by molar-refractivity contribution is 7.45. The highest BCUT2D eigenvalue weighted by Crippen LogP contribution is 2.38. The molecule has 53 heavy (non-hydrogen) atoms. The highest BCUT2D eigenvalue weighted by atomic mass is 31.2. The van der Waals surface area contributed by atoms with Gasteiger partial charge in [0, 0.05) is 12.8 Å². The lowest BCUT2D eigenvalue weighted by Crippen LogP contribution is -2.37. The number of unbranched alkanes of at least 4 members (excludes halogenated alkanes) is 13. The van der Waals surface area contributed by atoms with Crippen molar-refractivity contribution >= 4 is 19.8 Å². The molecule has 1 aliphatic rings. The molecule has 0 spiro atoms. The Morgan fingerprint density at radius 3 is 1.91 bits per heavy atom. The zero-order valence-corrected chi connectivity index (χ0v) is 35.0. The molecule has 0 amide bonds. The van der Waals surface area contributed by atoms with E-state index in [1.165, 1.54) is 70.6 Å². The van der Waals surface area contributed by atoms with E-state index in [0.717, 1.165) is 51.4 Å². The van der Waals surface area contributed by atoms with E-state index >= 15 is 0 Å². The largest absolute Gasteiger partial charge is 0.756 e. The van der Waals surface area contributed by atoms with Crippen LogP contribution in [0.15, 0.2) is 36.5 Å². The van der Waals surface area contributed by atoms with E-state index in [2.05, 4.69) is 50.3 Å².